The molecule has 1 aliphatic rings. The molecule has 0 bridgehead atoms. The smallest absolute Gasteiger partial charge is 0.273 e. The number of nitro benzene ring substituents is 1. The van der Waals surface area contributed by atoms with Gasteiger partial charge in [-0.1, -0.05) is 6.07 Å². The van der Waals surface area contributed by atoms with Crippen LogP contribution in [0.2, 0.25) is 0 Å². The molecule has 6 heteroatoms. The van der Waals surface area contributed by atoms with Gasteiger partial charge in [-0.05, 0) is 6.07 Å². The van der Waals surface area contributed by atoms with Gasteiger partial charge in [0.1, 0.15) is 18.5 Å². The van der Waals surface area contributed by atoms with E-state index in [1.54, 1.807) is 12.1 Å². The molecule has 1 aliphatic heterocycles. The number of non-ortho nitro benzene ring substituents is 1. The van der Waals surface area contributed by atoms with Crippen molar-refractivity contribution in [2.45, 2.75) is 6.10 Å². The summed E-state index contributed by atoms with van der Waals surface area (Å²) in [7, 11) is 0. The molecule has 17 heavy (non-hydrogen) atoms. The Morgan fingerprint density at radius 1 is 1.59 bits per heavy atom. The predicted molar refractivity (Wildman–Crippen MR) is 61.2 cm³/mol. The zero-order chi connectivity index (χ0) is 12.1. The minimum absolute atomic E-state index is 0.00279. The van der Waals surface area contributed by atoms with Crippen molar-refractivity contribution in [1.82, 2.24) is 5.32 Å². The van der Waals surface area contributed by atoms with Gasteiger partial charge in [-0.25, -0.2) is 0 Å². The summed E-state index contributed by atoms with van der Waals surface area (Å²) in [6.45, 7) is 2.67. The summed E-state index contributed by atoms with van der Waals surface area (Å²) in [5.41, 5.74) is 0.0326. The molecule has 0 spiro atoms. The monoisotopic (exact) mass is 238 g/mol. The fraction of sp³-hybridized carbons (Fsp3) is 0.455. The lowest BCUT2D eigenvalue weighted by Crippen LogP contribution is -2.41. The number of hydrogen-bond donors (Lipinski definition) is 1. The highest BCUT2D eigenvalue weighted by Gasteiger charge is 2.14. The minimum Gasteiger partial charge on any atom is -0.491 e. The van der Waals surface area contributed by atoms with Gasteiger partial charge in [-0.3, -0.25) is 10.1 Å². The molecule has 2 rings (SSSR count). The lowest BCUT2D eigenvalue weighted by Gasteiger charge is -2.23. The fourth-order valence-electron chi connectivity index (χ4n) is 1.60. The third kappa shape index (κ3) is 3.40. The molecule has 92 valence electrons. The summed E-state index contributed by atoms with van der Waals surface area (Å²) in [5, 5.41) is 13.8. The number of ether oxygens (including phenoxy) is 2. The first-order chi connectivity index (χ1) is 8.25. The zero-order valence-corrected chi connectivity index (χ0v) is 9.30. The minimum atomic E-state index is -0.439. The van der Waals surface area contributed by atoms with Gasteiger partial charge < -0.3 is 14.8 Å². The molecule has 0 unspecified atom stereocenters. The van der Waals surface area contributed by atoms with E-state index in [1.165, 1.54) is 12.1 Å². The van der Waals surface area contributed by atoms with Crippen molar-refractivity contribution in [3.63, 3.8) is 0 Å². The maximum atomic E-state index is 10.6. The van der Waals surface area contributed by atoms with Crippen molar-refractivity contribution in [3.8, 4) is 5.75 Å². The van der Waals surface area contributed by atoms with E-state index in [4.69, 9.17) is 9.47 Å². The summed E-state index contributed by atoms with van der Waals surface area (Å²) in [6, 6.07) is 6.15. The number of nitro groups is 1. The van der Waals surface area contributed by atoms with Crippen molar-refractivity contribution in [2.75, 3.05) is 26.3 Å². The Morgan fingerprint density at radius 3 is 3.18 bits per heavy atom. The van der Waals surface area contributed by atoms with Gasteiger partial charge in [0.15, 0.2) is 0 Å². The molecular formula is C11H14N2O4. The van der Waals surface area contributed by atoms with Crippen LogP contribution in [0.3, 0.4) is 0 Å². The van der Waals surface area contributed by atoms with Gasteiger partial charge in [0.2, 0.25) is 0 Å². The molecule has 0 saturated carbocycles. The van der Waals surface area contributed by atoms with Crippen molar-refractivity contribution < 1.29 is 14.4 Å². The van der Waals surface area contributed by atoms with Gasteiger partial charge >= 0.3 is 0 Å². The molecule has 1 N–H and O–H groups in total. The molecule has 1 atom stereocenters. The predicted octanol–water partition coefficient (Wildman–Crippen LogP) is 0.962. The highest BCUT2D eigenvalue weighted by Crippen LogP contribution is 2.19. The van der Waals surface area contributed by atoms with Crippen molar-refractivity contribution in [3.05, 3.63) is 34.4 Å². The Labute approximate surface area is 98.7 Å². The molecule has 1 heterocycles. The number of morpholine rings is 1. The van der Waals surface area contributed by atoms with E-state index in [0.717, 1.165) is 13.1 Å². The van der Waals surface area contributed by atoms with Crippen LogP contribution in [0.4, 0.5) is 5.69 Å². The van der Waals surface area contributed by atoms with E-state index < -0.39 is 4.92 Å². The maximum absolute atomic E-state index is 10.6. The van der Waals surface area contributed by atoms with E-state index in [1.807, 2.05) is 0 Å². The summed E-state index contributed by atoms with van der Waals surface area (Å²) in [5.74, 6) is 0.494. The average molecular weight is 238 g/mol. The Bertz CT molecular complexity index is 391. The first-order valence-electron chi connectivity index (χ1n) is 5.45. The molecule has 1 saturated heterocycles. The van der Waals surface area contributed by atoms with E-state index in [9.17, 15) is 10.1 Å². The summed E-state index contributed by atoms with van der Waals surface area (Å²) in [6.07, 6.45) is 0.00279. The Hall–Kier alpha value is -1.66. The quantitative estimate of drug-likeness (QED) is 0.624. The first kappa shape index (κ1) is 11.8. The molecule has 1 aromatic carbocycles. The summed E-state index contributed by atoms with van der Waals surface area (Å²) in [4.78, 5) is 10.1. The topological polar surface area (TPSA) is 73.6 Å². The van der Waals surface area contributed by atoms with Gasteiger partial charge in [0.25, 0.3) is 5.69 Å². The van der Waals surface area contributed by atoms with E-state index in [2.05, 4.69) is 5.32 Å². The van der Waals surface area contributed by atoms with Gasteiger partial charge in [0.05, 0.1) is 17.6 Å². The maximum Gasteiger partial charge on any atom is 0.273 e. The molecule has 1 fully saturated rings. The average Bonchev–Trinajstić information content (AvgIpc) is 2.38. The largest absolute Gasteiger partial charge is 0.491 e. The van der Waals surface area contributed by atoms with Crippen LogP contribution in [0.25, 0.3) is 0 Å². The van der Waals surface area contributed by atoms with Crippen LogP contribution in [0.5, 0.6) is 5.75 Å². The summed E-state index contributed by atoms with van der Waals surface area (Å²) < 4.78 is 10.9. The van der Waals surface area contributed by atoms with Crippen molar-refractivity contribution in [2.24, 2.45) is 0 Å². The Kier molecular flexibility index (Phi) is 3.89. The lowest BCUT2D eigenvalue weighted by atomic mass is 10.3. The molecule has 1 aromatic rings. The highest BCUT2D eigenvalue weighted by atomic mass is 16.6. The number of nitrogens with one attached hydrogen (secondary N) is 1. The normalized spacial score (nSPS) is 19.9. The Balaban J connectivity index is 1.89. The van der Waals surface area contributed by atoms with Crippen molar-refractivity contribution >= 4 is 5.69 Å². The van der Waals surface area contributed by atoms with Gasteiger partial charge in [-0.15, -0.1) is 0 Å². The van der Waals surface area contributed by atoms with Crippen LogP contribution >= 0.6 is 0 Å². The first-order valence-corrected chi connectivity index (χ1v) is 5.45. The standard InChI is InChI=1S/C11H14N2O4/c14-13(15)9-2-1-3-10(6-9)17-8-11-7-12-4-5-16-11/h1-3,6,11-12H,4-5,7-8H2/t11-/m1/s1. The van der Waals surface area contributed by atoms with Gasteiger partial charge in [-0.2, -0.15) is 0 Å². The van der Waals surface area contributed by atoms with Crippen LogP contribution < -0.4 is 10.1 Å². The van der Waals surface area contributed by atoms with E-state index >= 15 is 0 Å². The van der Waals surface area contributed by atoms with E-state index in [-0.39, 0.29) is 11.8 Å². The number of hydrogen-bond acceptors (Lipinski definition) is 5. The molecule has 0 aromatic heterocycles. The summed E-state index contributed by atoms with van der Waals surface area (Å²) >= 11 is 0. The van der Waals surface area contributed by atoms with Crippen LogP contribution in [-0.4, -0.2) is 37.3 Å². The molecule has 0 radical (unpaired) electrons. The van der Waals surface area contributed by atoms with Crippen molar-refractivity contribution in [1.29, 1.82) is 0 Å². The molecule has 0 amide bonds. The second kappa shape index (κ2) is 5.60. The Morgan fingerprint density at radius 2 is 2.47 bits per heavy atom. The third-order valence-corrected chi connectivity index (χ3v) is 2.47. The third-order valence-electron chi connectivity index (χ3n) is 2.47. The fourth-order valence-corrected chi connectivity index (χ4v) is 1.60. The zero-order valence-electron chi connectivity index (χ0n) is 9.30. The highest BCUT2D eigenvalue weighted by molar-refractivity contribution is 5.37. The lowest BCUT2D eigenvalue weighted by molar-refractivity contribution is -0.384. The van der Waals surface area contributed by atoms with Crippen LogP contribution in [0.15, 0.2) is 24.3 Å². The van der Waals surface area contributed by atoms with Crippen LogP contribution in [0.1, 0.15) is 0 Å². The number of rotatable bonds is 4. The second-order valence-electron chi connectivity index (χ2n) is 3.76. The number of nitrogens with zero attached hydrogens (tertiary/aromatic N) is 1. The van der Waals surface area contributed by atoms with Crippen LogP contribution in [-0.2, 0) is 4.74 Å². The van der Waals surface area contributed by atoms with E-state index in [0.29, 0.717) is 19.0 Å². The van der Waals surface area contributed by atoms with Gasteiger partial charge in [0, 0.05) is 19.2 Å². The molecule has 6 nitrogen and oxygen atoms in total. The number of benzene rings is 1. The second-order valence-corrected chi connectivity index (χ2v) is 3.76. The van der Waals surface area contributed by atoms with Crippen LogP contribution in [0, 0.1) is 10.1 Å². The molecular weight excluding hydrogens is 224 g/mol. The SMILES string of the molecule is O=[N+]([O-])c1cccc(OC[C@H]2CNCCO2)c1. The molecule has 0 aliphatic carbocycles.